The minimum absolute atomic E-state index is 0.373. The largest absolute Gasteiger partial charge is 0.382 e. The maximum atomic E-state index is 4.94. The minimum atomic E-state index is 0.373. The number of thiol groups is 1. The summed E-state index contributed by atoms with van der Waals surface area (Å²) in [5, 5.41) is 0. The Balaban J connectivity index is 2.83. The molecule has 0 aliphatic carbocycles. The lowest BCUT2D eigenvalue weighted by Crippen LogP contribution is -2.03. The predicted molar refractivity (Wildman–Crippen MR) is 34.9 cm³/mol. The summed E-state index contributed by atoms with van der Waals surface area (Å²) in [5.74, 6) is 0.912. The van der Waals surface area contributed by atoms with Crippen molar-refractivity contribution in [1.82, 2.24) is 0 Å². The molecule has 0 aliphatic heterocycles. The van der Waals surface area contributed by atoms with Crippen molar-refractivity contribution >= 4 is 12.6 Å². The van der Waals surface area contributed by atoms with E-state index in [1.807, 2.05) is 6.92 Å². The third-order valence-corrected chi connectivity index (χ3v) is 1.20. The highest BCUT2D eigenvalue weighted by molar-refractivity contribution is 7.80. The Morgan fingerprint density at radius 3 is 2.43 bits per heavy atom. The molecule has 0 aromatic rings. The Labute approximate surface area is 50.5 Å². The van der Waals surface area contributed by atoms with Crippen LogP contribution in [0.3, 0.4) is 0 Å². The fraction of sp³-hybridized carbons (Fsp3) is 1.00. The lowest BCUT2D eigenvalue weighted by molar-refractivity contribution is 0.116. The van der Waals surface area contributed by atoms with Crippen LogP contribution in [-0.4, -0.2) is 19.0 Å². The highest BCUT2D eigenvalue weighted by Crippen LogP contribution is 1.94. The van der Waals surface area contributed by atoms with E-state index >= 15 is 0 Å². The zero-order valence-corrected chi connectivity index (χ0v) is 5.74. The van der Waals surface area contributed by atoms with Gasteiger partial charge in [-0.3, -0.25) is 0 Å². The van der Waals surface area contributed by atoms with Crippen LogP contribution in [0.5, 0.6) is 0 Å². The average Bonchev–Trinajstić information content (AvgIpc) is 1.68. The number of rotatable bonds is 3. The summed E-state index contributed by atoms with van der Waals surface area (Å²) in [7, 11) is 1.72. The Bertz CT molecular complexity index is 39.1. The summed E-state index contributed by atoms with van der Waals surface area (Å²) in [6, 6.07) is 0. The molecule has 0 fully saturated rings. The first-order valence-electron chi connectivity index (χ1n) is 2.45. The van der Waals surface area contributed by atoms with Crippen LogP contribution in [0.25, 0.3) is 0 Å². The van der Waals surface area contributed by atoms with Crippen LogP contribution in [0.2, 0.25) is 0 Å². The van der Waals surface area contributed by atoms with Gasteiger partial charge in [-0.05, 0) is 19.1 Å². The first-order chi connectivity index (χ1) is 3.31. The van der Waals surface area contributed by atoms with Gasteiger partial charge in [-0.2, -0.15) is 12.6 Å². The molecule has 7 heavy (non-hydrogen) atoms. The Kier molecular flexibility index (Phi) is 4.67. The van der Waals surface area contributed by atoms with E-state index in [0.717, 1.165) is 12.2 Å². The molecule has 0 aromatic carbocycles. The van der Waals surface area contributed by atoms with Gasteiger partial charge in [-0.1, -0.05) is 0 Å². The Morgan fingerprint density at radius 2 is 2.29 bits per heavy atom. The van der Waals surface area contributed by atoms with Crippen LogP contribution in [-0.2, 0) is 4.74 Å². The smallest absolute Gasteiger partial charge is 0.0551 e. The van der Waals surface area contributed by atoms with Crippen molar-refractivity contribution in [2.45, 2.75) is 19.4 Å². The predicted octanol–water partition coefficient (Wildman–Crippen LogP) is 1.34. The van der Waals surface area contributed by atoms with Gasteiger partial charge in [0.1, 0.15) is 0 Å². The van der Waals surface area contributed by atoms with E-state index in [2.05, 4.69) is 12.6 Å². The zero-order valence-electron chi connectivity index (χ0n) is 4.85. The maximum Gasteiger partial charge on any atom is 0.0551 e. The van der Waals surface area contributed by atoms with Gasteiger partial charge in [0.25, 0.3) is 0 Å². The van der Waals surface area contributed by atoms with Gasteiger partial charge in [-0.25, -0.2) is 0 Å². The van der Waals surface area contributed by atoms with Crippen molar-refractivity contribution in [2.24, 2.45) is 0 Å². The van der Waals surface area contributed by atoms with E-state index in [0.29, 0.717) is 6.10 Å². The van der Waals surface area contributed by atoms with Gasteiger partial charge in [0, 0.05) is 7.11 Å². The Hall–Kier alpha value is 0.310. The van der Waals surface area contributed by atoms with Crippen molar-refractivity contribution in [3.05, 3.63) is 0 Å². The zero-order chi connectivity index (χ0) is 5.70. The molecule has 0 saturated carbocycles. The molecule has 0 spiro atoms. The first-order valence-corrected chi connectivity index (χ1v) is 3.08. The molecule has 0 amide bonds. The number of hydrogen-bond acceptors (Lipinski definition) is 2. The molecule has 0 heterocycles. The molecule has 1 unspecified atom stereocenters. The maximum absolute atomic E-state index is 4.94. The summed E-state index contributed by atoms with van der Waals surface area (Å²) < 4.78 is 4.94. The third kappa shape index (κ3) is 4.16. The van der Waals surface area contributed by atoms with Gasteiger partial charge in [0.15, 0.2) is 0 Å². The molecule has 1 nitrogen and oxygen atoms in total. The van der Waals surface area contributed by atoms with Crippen molar-refractivity contribution in [3.63, 3.8) is 0 Å². The molecule has 0 N–H and O–H groups in total. The summed E-state index contributed by atoms with van der Waals surface area (Å²) >= 11 is 4.03. The monoisotopic (exact) mass is 120 g/mol. The second kappa shape index (κ2) is 4.47. The molecule has 0 bridgehead atoms. The van der Waals surface area contributed by atoms with Crippen molar-refractivity contribution in [1.29, 1.82) is 0 Å². The van der Waals surface area contributed by atoms with Crippen LogP contribution in [0.4, 0.5) is 0 Å². The van der Waals surface area contributed by atoms with Crippen LogP contribution in [0.15, 0.2) is 0 Å². The second-order valence-corrected chi connectivity index (χ2v) is 2.01. The standard InChI is InChI=1S/C5H12OS/c1-5(6-2)3-4-7/h5,7H,3-4H2,1-2H3. The fourth-order valence-corrected chi connectivity index (χ4v) is 0.663. The highest BCUT2D eigenvalue weighted by Gasteiger charge is 1.93. The van der Waals surface area contributed by atoms with E-state index in [1.54, 1.807) is 7.11 Å². The van der Waals surface area contributed by atoms with E-state index < -0.39 is 0 Å². The minimum Gasteiger partial charge on any atom is -0.382 e. The van der Waals surface area contributed by atoms with Crippen molar-refractivity contribution in [2.75, 3.05) is 12.9 Å². The lowest BCUT2D eigenvalue weighted by Gasteiger charge is -2.04. The van der Waals surface area contributed by atoms with Gasteiger partial charge in [0.2, 0.25) is 0 Å². The topological polar surface area (TPSA) is 9.23 Å². The molecule has 0 rings (SSSR count). The van der Waals surface area contributed by atoms with Crippen LogP contribution < -0.4 is 0 Å². The van der Waals surface area contributed by atoms with Crippen molar-refractivity contribution < 1.29 is 4.74 Å². The summed E-state index contributed by atoms with van der Waals surface area (Å²) in [4.78, 5) is 0. The van der Waals surface area contributed by atoms with Crippen LogP contribution in [0, 0.1) is 0 Å². The summed E-state index contributed by atoms with van der Waals surface area (Å²) in [6.45, 7) is 2.04. The second-order valence-electron chi connectivity index (χ2n) is 1.56. The number of hydrogen-bond donors (Lipinski definition) is 1. The highest BCUT2D eigenvalue weighted by atomic mass is 32.1. The van der Waals surface area contributed by atoms with Crippen LogP contribution in [0.1, 0.15) is 13.3 Å². The molecule has 2 heteroatoms. The van der Waals surface area contributed by atoms with E-state index in [-0.39, 0.29) is 0 Å². The van der Waals surface area contributed by atoms with Gasteiger partial charge < -0.3 is 4.74 Å². The normalized spacial score (nSPS) is 14.1. The first kappa shape index (κ1) is 7.31. The average molecular weight is 120 g/mol. The van der Waals surface area contributed by atoms with E-state index in [9.17, 15) is 0 Å². The van der Waals surface area contributed by atoms with E-state index in [1.165, 1.54) is 0 Å². The molecular weight excluding hydrogens is 108 g/mol. The molecule has 1 atom stereocenters. The van der Waals surface area contributed by atoms with Gasteiger partial charge in [0.05, 0.1) is 6.10 Å². The molecular formula is C5H12OS. The molecule has 0 saturated heterocycles. The van der Waals surface area contributed by atoms with Gasteiger partial charge in [-0.15, -0.1) is 0 Å². The SMILES string of the molecule is COC(C)CCS. The van der Waals surface area contributed by atoms with Crippen LogP contribution >= 0.6 is 12.6 Å². The summed E-state index contributed by atoms with van der Waals surface area (Å²) in [6.07, 6.45) is 1.41. The molecule has 0 radical (unpaired) electrons. The Morgan fingerprint density at radius 1 is 1.71 bits per heavy atom. The number of methoxy groups -OCH3 is 1. The molecule has 0 aromatic heterocycles. The quantitative estimate of drug-likeness (QED) is 0.553. The fourth-order valence-electron chi connectivity index (χ4n) is 0.300. The van der Waals surface area contributed by atoms with Crippen molar-refractivity contribution in [3.8, 4) is 0 Å². The molecule has 0 aliphatic rings. The molecule has 44 valence electrons. The lowest BCUT2D eigenvalue weighted by atomic mass is 10.3. The third-order valence-electron chi connectivity index (χ3n) is 0.938. The van der Waals surface area contributed by atoms with Gasteiger partial charge >= 0.3 is 0 Å². The summed E-state index contributed by atoms with van der Waals surface area (Å²) in [5.41, 5.74) is 0. The van der Waals surface area contributed by atoms with E-state index in [4.69, 9.17) is 4.74 Å². The number of ether oxygens (including phenoxy) is 1.